The van der Waals surface area contributed by atoms with E-state index in [4.69, 9.17) is 4.74 Å². The van der Waals surface area contributed by atoms with Crippen molar-refractivity contribution in [1.29, 1.82) is 0 Å². The van der Waals surface area contributed by atoms with Crippen LogP contribution in [0, 0.1) is 0 Å². The van der Waals surface area contributed by atoms with Gasteiger partial charge in [-0.25, -0.2) is 0 Å². The van der Waals surface area contributed by atoms with Gasteiger partial charge in [-0.1, -0.05) is 11.6 Å². The minimum Gasteiger partial charge on any atom is -0.379 e. The molecule has 1 N–H and O–H groups in total. The maximum Gasteiger partial charge on any atom is 0.0594 e. The number of hydrogen-bond donors (Lipinski definition) is 1. The molecule has 0 atom stereocenters. The van der Waals surface area contributed by atoms with Crippen molar-refractivity contribution in [3.05, 3.63) is 11.6 Å². The van der Waals surface area contributed by atoms with Crippen LogP contribution in [0.15, 0.2) is 11.6 Å². The summed E-state index contributed by atoms with van der Waals surface area (Å²) in [4.78, 5) is 5.06. The van der Waals surface area contributed by atoms with Gasteiger partial charge < -0.3 is 10.1 Å². The van der Waals surface area contributed by atoms with Gasteiger partial charge in [0.25, 0.3) is 0 Å². The Morgan fingerprint density at radius 3 is 2.58 bits per heavy atom. The molecule has 4 heteroatoms. The summed E-state index contributed by atoms with van der Waals surface area (Å²) in [6.07, 6.45) is 3.49. The Morgan fingerprint density at radius 1 is 1.26 bits per heavy atom. The molecule has 110 valence electrons. The van der Waals surface area contributed by atoms with Crippen molar-refractivity contribution in [2.45, 2.75) is 32.7 Å². The Balaban J connectivity index is 1.90. The molecule has 2 aliphatic rings. The van der Waals surface area contributed by atoms with Gasteiger partial charge in [0.2, 0.25) is 0 Å². The Morgan fingerprint density at radius 2 is 2.00 bits per heavy atom. The normalized spacial score (nSPS) is 24.1. The summed E-state index contributed by atoms with van der Waals surface area (Å²) in [7, 11) is 0. The summed E-state index contributed by atoms with van der Waals surface area (Å²) in [6.45, 7) is 15.3. The zero-order valence-electron chi connectivity index (χ0n) is 12.7. The van der Waals surface area contributed by atoms with E-state index in [1.165, 1.54) is 19.5 Å². The molecule has 2 aliphatic heterocycles. The molecule has 19 heavy (non-hydrogen) atoms. The van der Waals surface area contributed by atoms with E-state index in [9.17, 15) is 0 Å². The molecule has 0 bridgehead atoms. The Bertz CT molecular complexity index is 303. The van der Waals surface area contributed by atoms with Gasteiger partial charge in [0, 0.05) is 44.9 Å². The Labute approximate surface area is 117 Å². The van der Waals surface area contributed by atoms with Crippen LogP contribution < -0.4 is 5.32 Å². The number of nitrogens with zero attached hydrogens (tertiary/aromatic N) is 2. The topological polar surface area (TPSA) is 27.7 Å². The first-order valence-corrected chi connectivity index (χ1v) is 7.56. The number of allylic oxidation sites excluding steroid dienone is 1. The van der Waals surface area contributed by atoms with Crippen molar-refractivity contribution in [3.8, 4) is 0 Å². The highest BCUT2D eigenvalue weighted by Crippen LogP contribution is 2.27. The molecule has 0 saturated carbocycles. The van der Waals surface area contributed by atoms with Crippen LogP contribution in [0.2, 0.25) is 0 Å². The van der Waals surface area contributed by atoms with E-state index in [1.807, 2.05) is 0 Å². The van der Waals surface area contributed by atoms with Gasteiger partial charge in [0.05, 0.1) is 13.2 Å². The van der Waals surface area contributed by atoms with Crippen LogP contribution in [0.1, 0.15) is 27.2 Å². The van der Waals surface area contributed by atoms with Crippen molar-refractivity contribution in [2.24, 2.45) is 0 Å². The van der Waals surface area contributed by atoms with Crippen molar-refractivity contribution < 1.29 is 4.74 Å². The van der Waals surface area contributed by atoms with Gasteiger partial charge in [-0.05, 0) is 27.2 Å². The van der Waals surface area contributed by atoms with E-state index >= 15 is 0 Å². The molecule has 0 aliphatic carbocycles. The third-order valence-electron chi connectivity index (χ3n) is 4.57. The molecule has 0 aromatic rings. The lowest BCUT2D eigenvalue weighted by atomic mass is 9.88. The van der Waals surface area contributed by atoms with E-state index in [1.54, 1.807) is 5.57 Å². The minimum atomic E-state index is 0.158. The zero-order valence-corrected chi connectivity index (χ0v) is 12.7. The van der Waals surface area contributed by atoms with Gasteiger partial charge >= 0.3 is 0 Å². The van der Waals surface area contributed by atoms with Crippen LogP contribution in [0.4, 0.5) is 0 Å². The zero-order chi connectivity index (χ0) is 13.7. The molecule has 0 radical (unpaired) electrons. The first-order chi connectivity index (χ1) is 9.14. The van der Waals surface area contributed by atoms with Gasteiger partial charge in [-0.15, -0.1) is 0 Å². The number of ether oxygens (including phenoxy) is 1. The summed E-state index contributed by atoms with van der Waals surface area (Å²) in [6, 6.07) is 0. The maximum absolute atomic E-state index is 5.47. The van der Waals surface area contributed by atoms with Crippen molar-refractivity contribution >= 4 is 0 Å². The van der Waals surface area contributed by atoms with Gasteiger partial charge in [-0.3, -0.25) is 9.80 Å². The fourth-order valence-corrected chi connectivity index (χ4v) is 3.15. The summed E-state index contributed by atoms with van der Waals surface area (Å²) in [5, 5.41) is 3.40. The third kappa shape index (κ3) is 3.78. The van der Waals surface area contributed by atoms with Crippen molar-refractivity contribution in [3.63, 3.8) is 0 Å². The molecule has 0 spiro atoms. The number of rotatable bonds is 5. The average molecular weight is 267 g/mol. The van der Waals surface area contributed by atoms with Crippen molar-refractivity contribution in [2.75, 3.05) is 52.6 Å². The van der Waals surface area contributed by atoms with E-state index in [2.05, 4.69) is 42.0 Å². The minimum absolute atomic E-state index is 0.158. The largest absolute Gasteiger partial charge is 0.379 e. The van der Waals surface area contributed by atoms with Gasteiger partial charge in [0.1, 0.15) is 0 Å². The van der Waals surface area contributed by atoms with Crippen LogP contribution in [-0.4, -0.2) is 67.9 Å². The van der Waals surface area contributed by atoms with Crippen LogP contribution in [0.3, 0.4) is 0 Å². The molecule has 2 saturated heterocycles. The number of nitrogens with one attached hydrogen (secondary N) is 1. The molecule has 2 fully saturated rings. The van der Waals surface area contributed by atoms with Crippen LogP contribution in [0.5, 0.6) is 0 Å². The highest BCUT2D eigenvalue weighted by molar-refractivity contribution is 5.18. The summed E-state index contributed by atoms with van der Waals surface area (Å²) in [5.41, 5.74) is 1.72. The molecular weight excluding hydrogens is 238 g/mol. The lowest BCUT2D eigenvalue weighted by Gasteiger charge is -2.43. The molecule has 0 aromatic heterocycles. The van der Waals surface area contributed by atoms with Gasteiger partial charge in [-0.2, -0.15) is 0 Å². The summed E-state index contributed by atoms with van der Waals surface area (Å²) < 4.78 is 5.47. The molecule has 2 rings (SSSR count). The lowest BCUT2D eigenvalue weighted by Crippen LogP contribution is -2.51. The second-order valence-corrected chi connectivity index (χ2v) is 6.00. The number of morpholine rings is 1. The monoisotopic (exact) mass is 267 g/mol. The van der Waals surface area contributed by atoms with Crippen LogP contribution >= 0.6 is 0 Å². The summed E-state index contributed by atoms with van der Waals surface area (Å²) in [5.74, 6) is 0. The quantitative estimate of drug-likeness (QED) is 0.760. The number of hydrogen-bond acceptors (Lipinski definition) is 4. The van der Waals surface area contributed by atoms with Crippen molar-refractivity contribution in [1.82, 2.24) is 15.1 Å². The SMILES string of the molecule is C/C=C(\CCN1CCNC1)C(C)(C)N1CCOCC1. The van der Waals surface area contributed by atoms with E-state index in [-0.39, 0.29) is 5.54 Å². The van der Waals surface area contributed by atoms with E-state index in [0.29, 0.717) is 0 Å². The standard InChI is InChI=1S/C15H29N3O/c1-4-14(5-7-17-8-6-16-13-17)15(2,3)18-9-11-19-12-10-18/h4,16H,5-13H2,1-3H3/b14-4+. The lowest BCUT2D eigenvalue weighted by molar-refractivity contribution is 0.000286. The average Bonchev–Trinajstić information content (AvgIpc) is 2.93. The maximum atomic E-state index is 5.47. The molecule has 4 nitrogen and oxygen atoms in total. The van der Waals surface area contributed by atoms with Gasteiger partial charge in [0.15, 0.2) is 0 Å². The van der Waals surface area contributed by atoms with Crippen LogP contribution in [0.25, 0.3) is 0 Å². The summed E-state index contributed by atoms with van der Waals surface area (Å²) >= 11 is 0. The fraction of sp³-hybridized carbons (Fsp3) is 0.867. The Hall–Kier alpha value is -0.420. The smallest absolute Gasteiger partial charge is 0.0594 e. The van der Waals surface area contributed by atoms with Crippen LogP contribution in [-0.2, 0) is 4.74 Å². The molecule has 0 amide bonds. The molecule has 0 aromatic carbocycles. The second kappa shape index (κ2) is 6.84. The second-order valence-electron chi connectivity index (χ2n) is 6.00. The highest BCUT2D eigenvalue weighted by atomic mass is 16.5. The highest BCUT2D eigenvalue weighted by Gasteiger charge is 2.31. The first-order valence-electron chi connectivity index (χ1n) is 7.56. The van der Waals surface area contributed by atoms with E-state index in [0.717, 1.165) is 39.5 Å². The molecular formula is C15H29N3O. The predicted octanol–water partition coefficient (Wildman–Crippen LogP) is 1.30. The molecule has 2 heterocycles. The fourth-order valence-electron chi connectivity index (χ4n) is 3.15. The Kier molecular flexibility index (Phi) is 5.39. The third-order valence-corrected chi connectivity index (χ3v) is 4.57. The predicted molar refractivity (Wildman–Crippen MR) is 79.3 cm³/mol. The van der Waals surface area contributed by atoms with E-state index < -0.39 is 0 Å². The molecule has 0 unspecified atom stereocenters. The first kappa shape index (κ1) is 15.0.